The quantitative estimate of drug-likeness (QED) is 0.678. The first-order valence-electron chi connectivity index (χ1n) is 8.28. The summed E-state index contributed by atoms with van der Waals surface area (Å²) in [4.78, 5) is 10.8. The van der Waals surface area contributed by atoms with Crippen molar-refractivity contribution in [3.63, 3.8) is 0 Å². The highest BCUT2D eigenvalue weighted by Gasteiger charge is 2.34. The van der Waals surface area contributed by atoms with Gasteiger partial charge in [0.25, 0.3) is 6.01 Å². The van der Waals surface area contributed by atoms with Gasteiger partial charge in [-0.25, -0.2) is 13.4 Å². The number of rotatable bonds is 3. The molecule has 1 saturated heterocycles. The molecular weight excluding hydrogens is 358 g/mol. The number of nitrogens with zero attached hydrogens (tertiary/aromatic N) is 5. The van der Waals surface area contributed by atoms with Crippen LogP contribution >= 0.6 is 0 Å². The maximum atomic E-state index is 12.9. The smallest absolute Gasteiger partial charge is 0.300 e. The van der Waals surface area contributed by atoms with Crippen LogP contribution in [0.25, 0.3) is 11.2 Å². The van der Waals surface area contributed by atoms with Crippen molar-refractivity contribution < 1.29 is 17.4 Å². The number of hydrogen-bond acceptors (Lipinski definition) is 8. The highest BCUT2D eigenvalue weighted by atomic mass is 32.2. The number of sulfonamides is 1. The zero-order valence-corrected chi connectivity index (χ0v) is 15.6. The van der Waals surface area contributed by atoms with Crippen LogP contribution in [0.2, 0.25) is 0 Å². The first-order chi connectivity index (χ1) is 12.4. The summed E-state index contributed by atoms with van der Waals surface area (Å²) in [5, 5.41) is 3.75. The van der Waals surface area contributed by atoms with Crippen LogP contribution in [0.5, 0.6) is 0 Å². The molecule has 0 radical (unpaired) electrons. The minimum atomic E-state index is -3.63. The lowest BCUT2D eigenvalue weighted by molar-refractivity contribution is 0.370. The SMILES string of the molecule is Cc1ccc2oc(N3CCN(S(=O)(=O)c4c(C)noc4C)CC3)nc2n1. The lowest BCUT2D eigenvalue weighted by Gasteiger charge is -2.32. The predicted molar refractivity (Wildman–Crippen MR) is 93.5 cm³/mol. The van der Waals surface area contributed by atoms with E-state index in [9.17, 15) is 8.42 Å². The Balaban J connectivity index is 1.53. The van der Waals surface area contributed by atoms with Crippen LogP contribution in [0.15, 0.2) is 26.0 Å². The lowest BCUT2D eigenvalue weighted by Crippen LogP contribution is -2.49. The molecule has 3 aromatic rings. The second-order valence-electron chi connectivity index (χ2n) is 6.32. The van der Waals surface area contributed by atoms with Crippen LogP contribution in [0, 0.1) is 20.8 Å². The molecule has 0 aromatic carbocycles. The molecule has 26 heavy (non-hydrogen) atoms. The summed E-state index contributed by atoms with van der Waals surface area (Å²) in [6.07, 6.45) is 0. The number of fused-ring (bicyclic) bond motifs is 1. The molecule has 1 aliphatic heterocycles. The third kappa shape index (κ3) is 2.74. The molecule has 9 nitrogen and oxygen atoms in total. The number of aromatic nitrogens is 3. The van der Waals surface area contributed by atoms with Crippen molar-refractivity contribution in [2.24, 2.45) is 0 Å². The first-order valence-corrected chi connectivity index (χ1v) is 9.72. The lowest BCUT2D eigenvalue weighted by atomic mass is 10.4. The summed E-state index contributed by atoms with van der Waals surface area (Å²) in [5.41, 5.74) is 2.43. The largest absolute Gasteiger partial charge is 0.422 e. The number of piperazine rings is 1. The fraction of sp³-hybridized carbons (Fsp3) is 0.438. The minimum Gasteiger partial charge on any atom is -0.422 e. The molecule has 4 rings (SSSR count). The van der Waals surface area contributed by atoms with E-state index in [1.54, 1.807) is 13.8 Å². The summed E-state index contributed by atoms with van der Waals surface area (Å²) in [6.45, 7) is 6.76. The van der Waals surface area contributed by atoms with Gasteiger partial charge in [0.05, 0.1) is 0 Å². The summed E-state index contributed by atoms with van der Waals surface area (Å²) in [6, 6.07) is 4.17. The Labute approximate surface area is 150 Å². The van der Waals surface area contributed by atoms with E-state index < -0.39 is 10.0 Å². The monoisotopic (exact) mass is 377 g/mol. The summed E-state index contributed by atoms with van der Waals surface area (Å²) in [7, 11) is -3.63. The van der Waals surface area contributed by atoms with Gasteiger partial charge in [-0.15, -0.1) is 0 Å². The molecule has 4 heterocycles. The van der Waals surface area contributed by atoms with Crippen molar-refractivity contribution in [3.05, 3.63) is 29.3 Å². The van der Waals surface area contributed by atoms with E-state index in [0.29, 0.717) is 54.9 Å². The molecule has 10 heteroatoms. The second kappa shape index (κ2) is 6.06. The third-order valence-electron chi connectivity index (χ3n) is 4.46. The average molecular weight is 377 g/mol. The second-order valence-corrected chi connectivity index (χ2v) is 8.19. The molecule has 0 unspecified atom stereocenters. The van der Waals surface area contributed by atoms with Crippen LogP contribution in [0.4, 0.5) is 6.01 Å². The molecule has 1 fully saturated rings. The zero-order valence-electron chi connectivity index (χ0n) is 14.8. The van der Waals surface area contributed by atoms with Crippen molar-refractivity contribution in [2.75, 3.05) is 31.1 Å². The van der Waals surface area contributed by atoms with Gasteiger partial charge in [-0.1, -0.05) is 5.16 Å². The number of oxazole rings is 1. The van der Waals surface area contributed by atoms with Crippen molar-refractivity contribution in [3.8, 4) is 0 Å². The molecule has 0 spiro atoms. The van der Waals surface area contributed by atoms with Gasteiger partial charge in [0.2, 0.25) is 15.7 Å². The fourth-order valence-electron chi connectivity index (χ4n) is 3.13. The number of anilines is 1. The van der Waals surface area contributed by atoms with Gasteiger partial charge in [-0.05, 0) is 32.9 Å². The molecular formula is C16H19N5O4S. The van der Waals surface area contributed by atoms with Gasteiger partial charge in [0, 0.05) is 31.9 Å². The highest BCUT2D eigenvalue weighted by molar-refractivity contribution is 7.89. The van der Waals surface area contributed by atoms with Gasteiger partial charge in [-0.2, -0.15) is 9.29 Å². The molecule has 0 N–H and O–H groups in total. The summed E-state index contributed by atoms with van der Waals surface area (Å²) >= 11 is 0. The van der Waals surface area contributed by atoms with Crippen LogP contribution in [-0.4, -0.2) is 54.0 Å². The molecule has 0 bridgehead atoms. The van der Waals surface area contributed by atoms with E-state index in [0.717, 1.165) is 5.69 Å². The van der Waals surface area contributed by atoms with Crippen molar-refractivity contribution in [1.29, 1.82) is 0 Å². The first kappa shape index (κ1) is 17.0. The van der Waals surface area contributed by atoms with Gasteiger partial charge < -0.3 is 13.8 Å². The van der Waals surface area contributed by atoms with Crippen LogP contribution < -0.4 is 4.90 Å². The van der Waals surface area contributed by atoms with E-state index >= 15 is 0 Å². The zero-order chi connectivity index (χ0) is 18.5. The predicted octanol–water partition coefficient (Wildman–Crippen LogP) is 1.65. The van der Waals surface area contributed by atoms with Crippen molar-refractivity contribution >= 4 is 27.3 Å². The molecule has 0 amide bonds. The number of hydrogen-bond donors (Lipinski definition) is 0. The van der Waals surface area contributed by atoms with E-state index in [2.05, 4.69) is 15.1 Å². The molecule has 0 saturated carbocycles. The van der Waals surface area contributed by atoms with E-state index in [4.69, 9.17) is 8.94 Å². The maximum absolute atomic E-state index is 12.9. The van der Waals surface area contributed by atoms with Gasteiger partial charge in [0.15, 0.2) is 11.3 Å². The normalized spacial score (nSPS) is 16.5. The van der Waals surface area contributed by atoms with Crippen molar-refractivity contribution in [2.45, 2.75) is 25.7 Å². The fourth-order valence-corrected chi connectivity index (χ4v) is 4.84. The topological polar surface area (TPSA) is 106 Å². The number of aryl methyl sites for hydroxylation is 3. The standard InChI is InChI=1S/C16H19N5O4S/c1-10-4-5-13-15(17-10)18-16(24-13)20-6-8-21(9-7-20)26(22,23)14-11(2)19-25-12(14)3/h4-5H,6-9H2,1-3H3. The maximum Gasteiger partial charge on any atom is 0.300 e. The Morgan fingerprint density at radius 3 is 2.42 bits per heavy atom. The highest BCUT2D eigenvalue weighted by Crippen LogP contribution is 2.26. The van der Waals surface area contributed by atoms with E-state index in [1.807, 2.05) is 24.0 Å². The van der Waals surface area contributed by atoms with Crippen LogP contribution in [0.1, 0.15) is 17.1 Å². The number of pyridine rings is 1. The van der Waals surface area contributed by atoms with Crippen LogP contribution in [0.3, 0.4) is 0 Å². The summed E-state index contributed by atoms with van der Waals surface area (Å²) in [5.74, 6) is 0.310. The molecule has 3 aromatic heterocycles. The van der Waals surface area contributed by atoms with E-state index in [1.165, 1.54) is 4.31 Å². The third-order valence-corrected chi connectivity index (χ3v) is 6.60. The van der Waals surface area contributed by atoms with Crippen LogP contribution in [-0.2, 0) is 10.0 Å². The minimum absolute atomic E-state index is 0.160. The van der Waals surface area contributed by atoms with Gasteiger partial charge >= 0.3 is 0 Å². The van der Waals surface area contributed by atoms with Gasteiger partial charge in [0.1, 0.15) is 10.6 Å². The molecule has 0 aliphatic carbocycles. The average Bonchev–Trinajstić information content (AvgIpc) is 3.18. The Hall–Kier alpha value is -2.46. The Bertz CT molecular complexity index is 1040. The molecule has 138 valence electrons. The van der Waals surface area contributed by atoms with E-state index in [-0.39, 0.29) is 4.90 Å². The van der Waals surface area contributed by atoms with Gasteiger partial charge in [-0.3, -0.25) is 0 Å². The Kier molecular flexibility index (Phi) is 3.96. The van der Waals surface area contributed by atoms with Crippen molar-refractivity contribution in [1.82, 2.24) is 19.4 Å². The Morgan fingerprint density at radius 2 is 1.77 bits per heavy atom. The summed E-state index contributed by atoms with van der Waals surface area (Å²) < 4.78 is 37.9. The Morgan fingerprint density at radius 1 is 1.04 bits per heavy atom. The molecule has 1 aliphatic rings. The molecule has 0 atom stereocenters.